The molecule has 4 heteroatoms. The Labute approximate surface area is 121 Å². The summed E-state index contributed by atoms with van der Waals surface area (Å²) in [6, 6.07) is 16.9. The molecule has 1 N–H and O–H groups in total. The third-order valence-corrected chi connectivity index (χ3v) is 3.19. The van der Waals surface area contributed by atoms with Gasteiger partial charge in [0.15, 0.2) is 0 Å². The molecule has 1 aromatic heterocycles. The molecule has 0 aliphatic carbocycles. The monoisotopic (exact) mass is 279 g/mol. The Morgan fingerprint density at radius 3 is 2.57 bits per heavy atom. The first kappa shape index (κ1) is 13.1. The van der Waals surface area contributed by atoms with Crippen LogP contribution in [0, 0.1) is 6.92 Å². The zero-order chi connectivity index (χ0) is 14.8. The number of ether oxygens (including phenoxy) is 1. The van der Waals surface area contributed by atoms with Crippen LogP contribution in [0.25, 0.3) is 22.2 Å². The van der Waals surface area contributed by atoms with Crippen LogP contribution in [-0.4, -0.2) is 16.2 Å². The van der Waals surface area contributed by atoms with Crippen molar-refractivity contribution in [3.8, 4) is 17.0 Å². The van der Waals surface area contributed by atoms with Gasteiger partial charge in [0.05, 0.1) is 11.2 Å². The van der Waals surface area contributed by atoms with Crippen LogP contribution < -0.4 is 4.74 Å². The summed E-state index contributed by atoms with van der Waals surface area (Å²) in [5.74, 6) is 0.301. The molecule has 3 aromatic rings. The maximum Gasteiger partial charge on any atom is 0.511 e. The van der Waals surface area contributed by atoms with Crippen molar-refractivity contribution >= 4 is 17.1 Å². The minimum Gasteiger partial charge on any atom is -0.449 e. The van der Waals surface area contributed by atoms with Crippen molar-refractivity contribution in [2.45, 2.75) is 6.92 Å². The number of aromatic nitrogens is 1. The number of hydrogen-bond donors (Lipinski definition) is 1. The molecule has 0 aliphatic heterocycles. The van der Waals surface area contributed by atoms with E-state index in [0.717, 1.165) is 11.1 Å². The molecule has 0 saturated heterocycles. The molecule has 3 rings (SSSR count). The van der Waals surface area contributed by atoms with Gasteiger partial charge in [0.1, 0.15) is 5.75 Å². The fraction of sp³-hybridized carbons (Fsp3) is 0.0588. The minimum atomic E-state index is -1.33. The highest BCUT2D eigenvalue weighted by Crippen LogP contribution is 2.30. The van der Waals surface area contributed by atoms with E-state index >= 15 is 0 Å². The number of aryl methyl sites for hydroxylation is 1. The maximum absolute atomic E-state index is 10.9. The van der Waals surface area contributed by atoms with Gasteiger partial charge in [-0.25, -0.2) is 9.78 Å². The van der Waals surface area contributed by atoms with Crippen LogP contribution in [0.2, 0.25) is 0 Å². The van der Waals surface area contributed by atoms with Gasteiger partial charge in [-0.05, 0) is 19.1 Å². The van der Waals surface area contributed by atoms with Crippen molar-refractivity contribution in [1.82, 2.24) is 4.98 Å². The van der Waals surface area contributed by atoms with Crippen LogP contribution >= 0.6 is 0 Å². The van der Waals surface area contributed by atoms with E-state index in [2.05, 4.69) is 4.98 Å². The molecule has 1 heterocycles. The van der Waals surface area contributed by atoms with Gasteiger partial charge in [-0.15, -0.1) is 0 Å². The lowest BCUT2D eigenvalue weighted by Crippen LogP contribution is -2.04. The average molecular weight is 279 g/mol. The van der Waals surface area contributed by atoms with Gasteiger partial charge < -0.3 is 9.84 Å². The fourth-order valence-corrected chi connectivity index (χ4v) is 2.24. The van der Waals surface area contributed by atoms with Crippen LogP contribution in [0.1, 0.15) is 5.56 Å². The zero-order valence-electron chi connectivity index (χ0n) is 11.4. The second-order valence-electron chi connectivity index (χ2n) is 4.76. The lowest BCUT2D eigenvalue weighted by atomic mass is 10.1. The van der Waals surface area contributed by atoms with E-state index in [1.165, 1.54) is 0 Å². The summed E-state index contributed by atoms with van der Waals surface area (Å²) in [6.07, 6.45) is -1.33. The van der Waals surface area contributed by atoms with Crippen molar-refractivity contribution in [2.24, 2.45) is 0 Å². The van der Waals surface area contributed by atoms with E-state index in [1.54, 1.807) is 6.07 Å². The summed E-state index contributed by atoms with van der Waals surface area (Å²) in [6.45, 7) is 1.94. The molecule has 2 aromatic carbocycles. The Hall–Kier alpha value is -2.88. The number of nitrogens with zero attached hydrogens (tertiary/aromatic N) is 1. The molecule has 0 saturated carbocycles. The fourth-order valence-electron chi connectivity index (χ4n) is 2.24. The number of fused-ring (bicyclic) bond motifs is 1. The predicted molar refractivity (Wildman–Crippen MR) is 80.6 cm³/mol. The Balaban J connectivity index is 2.24. The Morgan fingerprint density at radius 1 is 1.10 bits per heavy atom. The van der Waals surface area contributed by atoms with E-state index in [9.17, 15) is 4.79 Å². The second-order valence-corrected chi connectivity index (χ2v) is 4.76. The number of rotatable bonds is 2. The molecule has 104 valence electrons. The number of carbonyl (C=O) groups is 1. The standard InChI is InChI=1S/C17H13NO3/c1-11-7-8-14-13(9-11)16(21-17(19)20)10-15(18-14)12-5-3-2-4-6-12/h2-10H,1H3,(H,19,20). The highest BCUT2D eigenvalue weighted by Gasteiger charge is 2.11. The molecule has 0 atom stereocenters. The van der Waals surface area contributed by atoms with Crippen LogP contribution in [0.5, 0.6) is 5.75 Å². The van der Waals surface area contributed by atoms with Crippen LogP contribution in [-0.2, 0) is 0 Å². The molecule has 0 bridgehead atoms. The second kappa shape index (κ2) is 5.25. The van der Waals surface area contributed by atoms with E-state index in [-0.39, 0.29) is 0 Å². The summed E-state index contributed by atoms with van der Waals surface area (Å²) in [5, 5.41) is 9.61. The van der Waals surface area contributed by atoms with Gasteiger partial charge in [-0.1, -0.05) is 42.0 Å². The summed E-state index contributed by atoms with van der Waals surface area (Å²) in [7, 11) is 0. The molecule has 0 spiro atoms. The van der Waals surface area contributed by atoms with Gasteiger partial charge in [0.25, 0.3) is 0 Å². The average Bonchev–Trinajstić information content (AvgIpc) is 2.48. The molecule has 4 nitrogen and oxygen atoms in total. The van der Waals surface area contributed by atoms with Crippen molar-refractivity contribution in [3.05, 3.63) is 60.2 Å². The van der Waals surface area contributed by atoms with Gasteiger partial charge in [-0.3, -0.25) is 0 Å². The van der Waals surface area contributed by atoms with Crippen LogP contribution in [0.15, 0.2) is 54.6 Å². The van der Waals surface area contributed by atoms with Gasteiger partial charge in [0, 0.05) is 17.0 Å². The summed E-state index contributed by atoms with van der Waals surface area (Å²) in [5.41, 5.74) is 3.32. The normalized spacial score (nSPS) is 10.5. The molecule has 0 radical (unpaired) electrons. The maximum atomic E-state index is 10.9. The largest absolute Gasteiger partial charge is 0.511 e. The van der Waals surface area contributed by atoms with Crippen LogP contribution in [0.3, 0.4) is 0 Å². The Kier molecular flexibility index (Phi) is 3.28. The summed E-state index contributed by atoms with van der Waals surface area (Å²) in [4.78, 5) is 15.5. The topological polar surface area (TPSA) is 59.4 Å². The van der Waals surface area contributed by atoms with Gasteiger partial charge in [-0.2, -0.15) is 0 Å². The molecule has 0 unspecified atom stereocenters. The quantitative estimate of drug-likeness (QED) is 0.712. The third-order valence-electron chi connectivity index (χ3n) is 3.19. The molecule has 21 heavy (non-hydrogen) atoms. The first-order chi connectivity index (χ1) is 10.1. The van der Waals surface area contributed by atoms with E-state index < -0.39 is 6.16 Å². The third kappa shape index (κ3) is 2.69. The van der Waals surface area contributed by atoms with Gasteiger partial charge in [0.2, 0.25) is 0 Å². The smallest absolute Gasteiger partial charge is 0.449 e. The van der Waals surface area contributed by atoms with Crippen molar-refractivity contribution < 1.29 is 14.6 Å². The number of hydrogen-bond acceptors (Lipinski definition) is 3. The molecule has 0 fully saturated rings. The SMILES string of the molecule is Cc1ccc2nc(-c3ccccc3)cc(OC(=O)O)c2c1. The van der Waals surface area contributed by atoms with Gasteiger partial charge >= 0.3 is 6.16 Å². The van der Waals surface area contributed by atoms with Crippen molar-refractivity contribution in [3.63, 3.8) is 0 Å². The molecule has 0 amide bonds. The van der Waals surface area contributed by atoms with Crippen molar-refractivity contribution in [1.29, 1.82) is 0 Å². The first-order valence-corrected chi connectivity index (χ1v) is 6.51. The van der Waals surface area contributed by atoms with Crippen molar-refractivity contribution in [2.75, 3.05) is 0 Å². The zero-order valence-corrected chi connectivity index (χ0v) is 11.4. The highest BCUT2D eigenvalue weighted by molar-refractivity contribution is 5.89. The van der Waals surface area contributed by atoms with Crippen LogP contribution in [0.4, 0.5) is 4.79 Å². The number of pyridine rings is 1. The Bertz CT molecular complexity index is 813. The molecular formula is C17H13NO3. The summed E-state index contributed by atoms with van der Waals surface area (Å²) < 4.78 is 4.92. The van der Waals surface area contributed by atoms with E-state index in [4.69, 9.17) is 9.84 Å². The first-order valence-electron chi connectivity index (χ1n) is 6.51. The molecular weight excluding hydrogens is 266 g/mol. The van der Waals surface area contributed by atoms with E-state index in [0.29, 0.717) is 22.3 Å². The number of carboxylic acid groups (broad SMARTS) is 1. The lowest BCUT2D eigenvalue weighted by Gasteiger charge is -2.09. The Morgan fingerprint density at radius 2 is 1.86 bits per heavy atom. The minimum absolute atomic E-state index is 0.301. The molecule has 0 aliphatic rings. The number of benzene rings is 2. The predicted octanol–water partition coefficient (Wildman–Crippen LogP) is 4.27. The highest BCUT2D eigenvalue weighted by atomic mass is 16.7. The summed E-state index contributed by atoms with van der Waals surface area (Å²) >= 11 is 0. The van der Waals surface area contributed by atoms with E-state index in [1.807, 2.05) is 55.5 Å². The lowest BCUT2D eigenvalue weighted by molar-refractivity contribution is 0.145.